The van der Waals surface area contributed by atoms with Crippen LogP contribution in [0.25, 0.3) is 0 Å². The summed E-state index contributed by atoms with van der Waals surface area (Å²) >= 11 is 1.98. The minimum atomic E-state index is -0.0883. The van der Waals surface area contributed by atoms with Gasteiger partial charge in [0.15, 0.2) is 0 Å². The van der Waals surface area contributed by atoms with Gasteiger partial charge in [0, 0.05) is 56.4 Å². The Kier molecular flexibility index (Phi) is 5.80. The van der Waals surface area contributed by atoms with Crippen molar-refractivity contribution < 1.29 is 9.53 Å². The fourth-order valence-electron chi connectivity index (χ4n) is 3.16. The SMILES string of the molecule is O=C(NCCn1ccnc1)NC[C@]1(N2CCOCC2)CCSC1. The molecule has 23 heavy (non-hydrogen) atoms. The van der Waals surface area contributed by atoms with Gasteiger partial charge in [0.2, 0.25) is 0 Å². The number of ether oxygens (including phenoxy) is 1. The third kappa shape index (κ3) is 4.39. The van der Waals surface area contributed by atoms with E-state index >= 15 is 0 Å². The summed E-state index contributed by atoms with van der Waals surface area (Å²) in [7, 11) is 0. The van der Waals surface area contributed by atoms with E-state index in [-0.39, 0.29) is 11.6 Å². The minimum absolute atomic E-state index is 0.0883. The van der Waals surface area contributed by atoms with E-state index < -0.39 is 0 Å². The summed E-state index contributed by atoms with van der Waals surface area (Å²) in [6.07, 6.45) is 6.52. The monoisotopic (exact) mass is 339 g/mol. The Morgan fingerprint density at radius 1 is 1.35 bits per heavy atom. The molecule has 128 valence electrons. The number of carbonyl (C=O) groups excluding carboxylic acids is 1. The maximum absolute atomic E-state index is 12.1. The molecule has 2 aliphatic heterocycles. The molecule has 0 aromatic carbocycles. The quantitative estimate of drug-likeness (QED) is 0.785. The molecule has 7 nitrogen and oxygen atoms in total. The Morgan fingerprint density at radius 2 is 2.22 bits per heavy atom. The smallest absolute Gasteiger partial charge is 0.314 e. The number of rotatable bonds is 6. The van der Waals surface area contributed by atoms with Crippen molar-refractivity contribution in [3.05, 3.63) is 18.7 Å². The first kappa shape index (κ1) is 16.6. The van der Waals surface area contributed by atoms with Crippen LogP contribution in [0.3, 0.4) is 0 Å². The molecule has 2 fully saturated rings. The molecule has 0 unspecified atom stereocenters. The van der Waals surface area contributed by atoms with Crippen molar-refractivity contribution in [1.82, 2.24) is 25.1 Å². The van der Waals surface area contributed by atoms with Crippen molar-refractivity contribution in [3.63, 3.8) is 0 Å². The van der Waals surface area contributed by atoms with E-state index in [2.05, 4.69) is 20.5 Å². The van der Waals surface area contributed by atoms with Crippen LogP contribution in [0.2, 0.25) is 0 Å². The molecule has 0 bridgehead atoms. The lowest BCUT2D eigenvalue weighted by Gasteiger charge is -2.43. The van der Waals surface area contributed by atoms with E-state index in [9.17, 15) is 4.79 Å². The van der Waals surface area contributed by atoms with Gasteiger partial charge in [-0.1, -0.05) is 0 Å². The number of morpholine rings is 1. The number of thioether (sulfide) groups is 1. The van der Waals surface area contributed by atoms with Crippen molar-refractivity contribution >= 4 is 17.8 Å². The summed E-state index contributed by atoms with van der Waals surface area (Å²) in [5.74, 6) is 2.25. The summed E-state index contributed by atoms with van der Waals surface area (Å²) in [6.45, 7) is 5.55. The van der Waals surface area contributed by atoms with Crippen molar-refractivity contribution in [2.24, 2.45) is 0 Å². The highest BCUT2D eigenvalue weighted by Gasteiger charge is 2.40. The number of hydrogen-bond donors (Lipinski definition) is 2. The Bertz CT molecular complexity index is 484. The van der Waals surface area contributed by atoms with Gasteiger partial charge in [-0.15, -0.1) is 0 Å². The molecule has 0 saturated carbocycles. The fraction of sp³-hybridized carbons (Fsp3) is 0.733. The van der Waals surface area contributed by atoms with Crippen LogP contribution >= 0.6 is 11.8 Å². The first-order chi connectivity index (χ1) is 11.3. The zero-order chi connectivity index (χ0) is 16.0. The number of carbonyl (C=O) groups is 1. The number of aromatic nitrogens is 2. The molecule has 3 heterocycles. The van der Waals surface area contributed by atoms with Gasteiger partial charge in [-0.25, -0.2) is 9.78 Å². The Hall–Kier alpha value is -1.25. The second kappa shape index (κ2) is 8.03. The lowest BCUT2D eigenvalue weighted by atomic mass is 9.95. The number of amides is 2. The van der Waals surface area contributed by atoms with Gasteiger partial charge in [-0.05, 0) is 12.2 Å². The van der Waals surface area contributed by atoms with Gasteiger partial charge in [0.1, 0.15) is 0 Å². The van der Waals surface area contributed by atoms with Gasteiger partial charge in [-0.3, -0.25) is 4.90 Å². The molecule has 2 amide bonds. The van der Waals surface area contributed by atoms with E-state index in [1.54, 1.807) is 12.5 Å². The summed E-state index contributed by atoms with van der Waals surface area (Å²) in [4.78, 5) is 18.5. The summed E-state index contributed by atoms with van der Waals surface area (Å²) in [5.41, 5.74) is 0.0934. The number of imidazole rings is 1. The molecular weight excluding hydrogens is 314 g/mol. The average molecular weight is 339 g/mol. The average Bonchev–Trinajstić information content (AvgIpc) is 3.26. The number of nitrogens with one attached hydrogen (secondary N) is 2. The Morgan fingerprint density at radius 3 is 2.91 bits per heavy atom. The summed E-state index contributed by atoms with van der Waals surface area (Å²) in [6, 6.07) is -0.0883. The normalized spacial score (nSPS) is 25.4. The second-order valence-electron chi connectivity index (χ2n) is 6.04. The van der Waals surface area contributed by atoms with Crippen molar-refractivity contribution in [3.8, 4) is 0 Å². The number of nitrogens with zero attached hydrogens (tertiary/aromatic N) is 3. The lowest BCUT2D eigenvalue weighted by molar-refractivity contribution is -0.0124. The van der Waals surface area contributed by atoms with Crippen LogP contribution in [-0.2, 0) is 11.3 Å². The highest BCUT2D eigenvalue weighted by molar-refractivity contribution is 7.99. The third-order valence-electron chi connectivity index (χ3n) is 4.56. The summed E-state index contributed by atoms with van der Waals surface area (Å²) < 4.78 is 7.41. The highest BCUT2D eigenvalue weighted by atomic mass is 32.2. The minimum Gasteiger partial charge on any atom is -0.379 e. The van der Waals surface area contributed by atoms with Crippen molar-refractivity contribution in [2.75, 3.05) is 50.9 Å². The van der Waals surface area contributed by atoms with Crippen LogP contribution < -0.4 is 10.6 Å². The van der Waals surface area contributed by atoms with Gasteiger partial charge >= 0.3 is 6.03 Å². The molecule has 1 aromatic rings. The van der Waals surface area contributed by atoms with Gasteiger partial charge < -0.3 is 19.9 Å². The van der Waals surface area contributed by atoms with E-state index in [0.717, 1.165) is 45.0 Å². The zero-order valence-electron chi connectivity index (χ0n) is 13.4. The molecule has 1 atom stereocenters. The molecule has 2 saturated heterocycles. The molecule has 0 spiro atoms. The van der Waals surface area contributed by atoms with E-state index in [0.29, 0.717) is 13.1 Å². The van der Waals surface area contributed by atoms with Crippen molar-refractivity contribution in [1.29, 1.82) is 0 Å². The summed E-state index contributed by atoms with van der Waals surface area (Å²) in [5, 5.41) is 5.99. The predicted octanol–water partition coefficient (Wildman–Crippen LogP) is 0.390. The van der Waals surface area contributed by atoms with E-state index in [4.69, 9.17) is 4.74 Å². The third-order valence-corrected chi connectivity index (χ3v) is 5.79. The second-order valence-corrected chi connectivity index (χ2v) is 7.14. The fourth-order valence-corrected chi connectivity index (χ4v) is 4.64. The van der Waals surface area contributed by atoms with Crippen molar-refractivity contribution in [2.45, 2.75) is 18.5 Å². The zero-order valence-corrected chi connectivity index (χ0v) is 14.2. The maximum atomic E-state index is 12.1. The molecule has 2 N–H and O–H groups in total. The van der Waals surface area contributed by atoms with Crippen LogP contribution in [0, 0.1) is 0 Å². The van der Waals surface area contributed by atoms with Gasteiger partial charge in [0.25, 0.3) is 0 Å². The van der Waals surface area contributed by atoms with E-state index in [1.165, 1.54) is 5.75 Å². The van der Waals surface area contributed by atoms with E-state index in [1.807, 2.05) is 22.5 Å². The van der Waals surface area contributed by atoms with Crippen LogP contribution in [0.5, 0.6) is 0 Å². The Balaban J connectivity index is 1.43. The molecule has 0 aliphatic carbocycles. The molecular formula is C15H25N5O2S. The van der Waals surface area contributed by atoms with Gasteiger partial charge in [0.05, 0.1) is 19.5 Å². The van der Waals surface area contributed by atoms with Crippen LogP contribution in [0.4, 0.5) is 4.79 Å². The highest BCUT2D eigenvalue weighted by Crippen LogP contribution is 2.33. The molecule has 8 heteroatoms. The van der Waals surface area contributed by atoms with Crippen LogP contribution in [0.1, 0.15) is 6.42 Å². The Labute approximate surface area is 141 Å². The molecule has 1 aromatic heterocycles. The number of hydrogen-bond acceptors (Lipinski definition) is 5. The predicted molar refractivity (Wildman–Crippen MR) is 90.7 cm³/mol. The lowest BCUT2D eigenvalue weighted by Crippen LogP contribution is -2.60. The number of urea groups is 1. The first-order valence-electron chi connectivity index (χ1n) is 8.17. The maximum Gasteiger partial charge on any atom is 0.314 e. The molecule has 0 radical (unpaired) electrons. The largest absolute Gasteiger partial charge is 0.379 e. The topological polar surface area (TPSA) is 71.4 Å². The van der Waals surface area contributed by atoms with Crippen LogP contribution in [-0.4, -0.2) is 76.9 Å². The molecule has 3 rings (SSSR count). The van der Waals surface area contributed by atoms with Crippen LogP contribution in [0.15, 0.2) is 18.7 Å². The first-order valence-corrected chi connectivity index (χ1v) is 9.32. The molecule has 2 aliphatic rings. The van der Waals surface area contributed by atoms with Gasteiger partial charge in [-0.2, -0.15) is 11.8 Å². The standard InChI is InChI=1S/C15H25N5O2S/c21-14(17-3-5-19-4-2-16-13-19)18-11-15(1-10-23-12-15)20-6-8-22-9-7-20/h2,4,13H,1,3,5-12H2,(H2,17,18,21)/t15-/m1/s1.